The molecule has 0 aromatic carbocycles. The van der Waals surface area contributed by atoms with E-state index < -0.39 is 5.60 Å². The van der Waals surface area contributed by atoms with Crippen molar-refractivity contribution in [2.24, 2.45) is 0 Å². The molecule has 1 aliphatic rings. The maximum absolute atomic E-state index is 10.3. The van der Waals surface area contributed by atoms with Gasteiger partial charge in [-0.1, -0.05) is 33.1 Å². The van der Waals surface area contributed by atoms with Gasteiger partial charge in [-0.3, -0.25) is 0 Å². The van der Waals surface area contributed by atoms with Gasteiger partial charge in [0.15, 0.2) is 0 Å². The lowest BCUT2D eigenvalue weighted by Crippen LogP contribution is -2.45. The second-order valence-electron chi connectivity index (χ2n) is 5.14. The molecule has 2 heteroatoms. The average Bonchev–Trinajstić information content (AvgIpc) is 2.30. The molecule has 0 aliphatic heterocycles. The summed E-state index contributed by atoms with van der Waals surface area (Å²) in [6.07, 6.45) is 8.49. The molecule has 0 amide bonds. The molecule has 1 fully saturated rings. The molecule has 0 saturated heterocycles. The number of hydrogen-bond acceptors (Lipinski definition) is 2. The number of rotatable bonds is 5. The molecule has 0 unspecified atom stereocenters. The van der Waals surface area contributed by atoms with Gasteiger partial charge in [-0.25, -0.2) is 0 Å². The van der Waals surface area contributed by atoms with Crippen molar-refractivity contribution in [1.82, 2.24) is 4.90 Å². The molecule has 15 heavy (non-hydrogen) atoms. The van der Waals surface area contributed by atoms with E-state index in [1.807, 2.05) is 0 Å². The van der Waals surface area contributed by atoms with Crippen LogP contribution < -0.4 is 0 Å². The molecule has 0 aromatic rings. The van der Waals surface area contributed by atoms with Crippen molar-refractivity contribution in [3.63, 3.8) is 0 Å². The Labute approximate surface area is 94.7 Å². The number of hydrogen-bond donors (Lipinski definition) is 1. The third-order valence-electron chi connectivity index (χ3n) is 4.06. The smallest absolute Gasteiger partial charge is 0.0768 e. The molecule has 0 aromatic heterocycles. The highest BCUT2D eigenvalue weighted by Crippen LogP contribution is 2.24. The fourth-order valence-corrected chi connectivity index (χ4v) is 2.59. The van der Waals surface area contributed by atoms with Gasteiger partial charge in [0, 0.05) is 12.6 Å². The van der Waals surface area contributed by atoms with Crippen molar-refractivity contribution < 1.29 is 5.11 Å². The van der Waals surface area contributed by atoms with Gasteiger partial charge in [0.05, 0.1) is 5.60 Å². The number of aliphatic hydroxyl groups is 1. The molecule has 0 radical (unpaired) electrons. The third kappa shape index (κ3) is 3.76. The van der Waals surface area contributed by atoms with Gasteiger partial charge in [0.1, 0.15) is 0 Å². The van der Waals surface area contributed by atoms with Crippen molar-refractivity contribution in [2.45, 2.75) is 70.4 Å². The Balaban J connectivity index is 2.41. The minimum absolute atomic E-state index is 0.466. The van der Waals surface area contributed by atoms with Crippen LogP contribution in [0.2, 0.25) is 0 Å². The van der Waals surface area contributed by atoms with Crippen LogP contribution in [0.5, 0.6) is 0 Å². The van der Waals surface area contributed by atoms with E-state index in [0.29, 0.717) is 6.04 Å². The number of likely N-dealkylation sites (N-methyl/N-ethyl adjacent to an activating group) is 1. The summed E-state index contributed by atoms with van der Waals surface area (Å²) in [5.74, 6) is 0. The Morgan fingerprint density at radius 3 is 2.13 bits per heavy atom. The van der Waals surface area contributed by atoms with Crippen molar-refractivity contribution in [3.8, 4) is 0 Å². The fraction of sp³-hybridized carbons (Fsp3) is 1.00. The molecule has 0 bridgehead atoms. The van der Waals surface area contributed by atoms with Gasteiger partial charge >= 0.3 is 0 Å². The van der Waals surface area contributed by atoms with Gasteiger partial charge < -0.3 is 10.0 Å². The lowest BCUT2D eigenvalue weighted by molar-refractivity contribution is -0.0110. The van der Waals surface area contributed by atoms with E-state index in [0.717, 1.165) is 19.4 Å². The maximum atomic E-state index is 10.3. The van der Waals surface area contributed by atoms with Crippen molar-refractivity contribution in [2.75, 3.05) is 13.6 Å². The zero-order chi connectivity index (χ0) is 11.3. The summed E-state index contributed by atoms with van der Waals surface area (Å²) in [7, 11) is 2.17. The summed E-state index contributed by atoms with van der Waals surface area (Å²) in [6.45, 7) is 5.00. The van der Waals surface area contributed by atoms with Crippen LogP contribution in [0.15, 0.2) is 0 Å². The van der Waals surface area contributed by atoms with E-state index in [4.69, 9.17) is 0 Å². The second kappa shape index (κ2) is 5.86. The standard InChI is InChI=1S/C13H27NO/c1-4-13(15,5-2)11-14(3)12-9-7-6-8-10-12/h12,15H,4-11H2,1-3H3. The van der Waals surface area contributed by atoms with Crippen LogP contribution in [0.25, 0.3) is 0 Å². The van der Waals surface area contributed by atoms with E-state index in [9.17, 15) is 5.11 Å². The number of nitrogens with zero attached hydrogens (tertiary/aromatic N) is 1. The third-order valence-corrected chi connectivity index (χ3v) is 4.06. The highest BCUT2D eigenvalue weighted by Gasteiger charge is 2.27. The van der Waals surface area contributed by atoms with Gasteiger partial charge in [-0.15, -0.1) is 0 Å². The van der Waals surface area contributed by atoms with Crippen LogP contribution in [0.4, 0.5) is 0 Å². The Morgan fingerprint density at radius 2 is 1.67 bits per heavy atom. The summed E-state index contributed by atoms with van der Waals surface area (Å²) in [4.78, 5) is 2.38. The van der Waals surface area contributed by atoms with Crippen LogP contribution in [0.1, 0.15) is 58.8 Å². The van der Waals surface area contributed by atoms with E-state index >= 15 is 0 Å². The first kappa shape index (κ1) is 13.0. The lowest BCUT2D eigenvalue weighted by atomic mass is 9.91. The van der Waals surface area contributed by atoms with Crippen LogP contribution >= 0.6 is 0 Å². The molecular weight excluding hydrogens is 186 g/mol. The molecule has 0 heterocycles. The van der Waals surface area contributed by atoms with E-state index in [1.165, 1.54) is 32.1 Å². The Bertz CT molecular complexity index is 171. The molecule has 0 atom stereocenters. The first-order valence-corrected chi connectivity index (χ1v) is 6.54. The molecule has 1 N–H and O–H groups in total. The van der Waals surface area contributed by atoms with Gasteiger partial charge in [0.25, 0.3) is 0 Å². The quantitative estimate of drug-likeness (QED) is 0.759. The molecule has 2 nitrogen and oxygen atoms in total. The van der Waals surface area contributed by atoms with Crippen LogP contribution in [-0.4, -0.2) is 35.2 Å². The van der Waals surface area contributed by atoms with Gasteiger partial charge in [-0.2, -0.15) is 0 Å². The summed E-state index contributed by atoms with van der Waals surface area (Å²) >= 11 is 0. The Hall–Kier alpha value is -0.0800. The van der Waals surface area contributed by atoms with E-state index in [2.05, 4.69) is 25.8 Å². The van der Waals surface area contributed by atoms with Gasteiger partial charge in [0.2, 0.25) is 0 Å². The summed E-state index contributed by atoms with van der Waals surface area (Å²) < 4.78 is 0. The largest absolute Gasteiger partial charge is 0.389 e. The molecule has 1 rings (SSSR count). The highest BCUT2D eigenvalue weighted by molar-refractivity contribution is 4.82. The van der Waals surface area contributed by atoms with Crippen LogP contribution in [0, 0.1) is 0 Å². The van der Waals surface area contributed by atoms with E-state index in [1.54, 1.807) is 0 Å². The molecule has 0 spiro atoms. The zero-order valence-corrected chi connectivity index (χ0v) is 10.6. The minimum Gasteiger partial charge on any atom is -0.389 e. The molecular formula is C13H27NO. The fourth-order valence-electron chi connectivity index (χ4n) is 2.59. The predicted molar refractivity (Wildman–Crippen MR) is 65.0 cm³/mol. The van der Waals surface area contributed by atoms with Crippen molar-refractivity contribution in [3.05, 3.63) is 0 Å². The van der Waals surface area contributed by atoms with Crippen LogP contribution in [-0.2, 0) is 0 Å². The Kier molecular flexibility index (Phi) is 5.07. The van der Waals surface area contributed by atoms with Gasteiger partial charge in [-0.05, 0) is 32.7 Å². The van der Waals surface area contributed by atoms with E-state index in [-0.39, 0.29) is 0 Å². The van der Waals surface area contributed by atoms with Crippen molar-refractivity contribution in [1.29, 1.82) is 0 Å². The monoisotopic (exact) mass is 213 g/mol. The minimum atomic E-state index is -0.466. The lowest BCUT2D eigenvalue weighted by Gasteiger charge is -2.37. The zero-order valence-electron chi connectivity index (χ0n) is 10.6. The summed E-state index contributed by atoms with van der Waals surface area (Å²) in [5, 5.41) is 10.3. The average molecular weight is 213 g/mol. The molecule has 90 valence electrons. The summed E-state index contributed by atoms with van der Waals surface area (Å²) in [6, 6.07) is 0.711. The maximum Gasteiger partial charge on any atom is 0.0768 e. The highest BCUT2D eigenvalue weighted by atomic mass is 16.3. The first-order valence-electron chi connectivity index (χ1n) is 6.54. The van der Waals surface area contributed by atoms with Crippen molar-refractivity contribution >= 4 is 0 Å². The Morgan fingerprint density at radius 1 is 1.13 bits per heavy atom. The summed E-state index contributed by atoms with van der Waals surface area (Å²) in [5.41, 5.74) is -0.466. The molecule has 1 aliphatic carbocycles. The van der Waals surface area contributed by atoms with Crippen LogP contribution in [0.3, 0.4) is 0 Å². The SMILES string of the molecule is CCC(O)(CC)CN(C)C1CCCCC1. The topological polar surface area (TPSA) is 23.5 Å². The first-order chi connectivity index (χ1) is 7.11. The second-order valence-corrected chi connectivity index (χ2v) is 5.14. The predicted octanol–water partition coefficient (Wildman–Crippen LogP) is 2.80. The normalized spacial score (nSPS) is 19.8. The molecule has 1 saturated carbocycles.